The standard InChI is InChI=1S/C4H5O4/c1-4(6)8-3-7-2-5/h3H2,1H3. The first-order valence-electron chi connectivity index (χ1n) is 1.89. The molecule has 0 aromatic rings. The van der Waals surface area contributed by atoms with E-state index < -0.39 is 5.97 Å². The van der Waals surface area contributed by atoms with Crippen LogP contribution in [0.1, 0.15) is 6.92 Å². The number of carbonyl (C=O) groups excluding carboxylic acids is 2. The van der Waals surface area contributed by atoms with Crippen molar-refractivity contribution >= 4 is 12.4 Å². The van der Waals surface area contributed by atoms with Crippen LogP contribution in [0.15, 0.2) is 0 Å². The van der Waals surface area contributed by atoms with E-state index in [1.54, 1.807) is 0 Å². The second kappa shape index (κ2) is 4.11. The Hall–Kier alpha value is -1.06. The van der Waals surface area contributed by atoms with Gasteiger partial charge in [0.15, 0.2) is 0 Å². The molecule has 8 heavy (non-hydrogen) atoms. The van der Waals surface area contributed by atoms with Crippen molar-refractivity contribution in [3.63, 3.8) is 0 Å². The minimum atomic E-state index is -0.486. The molecular formula is C4H5O4. The Balaban J connectivity index is 2.93. The highest BCUT2D eigenvalue weighted by molar-refractivity contribution is 5.65. The first kappa shape index (κ1) is 6.94. The van der Waals surface area contributed by atoms with Gasteiger partial charge in [-0.3, -0.25) is 4.79 Å². The van der Waals surface area contributed by atoms with Crippen LogP contribution in [0.4, 0.5) is 0 Å². The van der Waals surface area contributed by atoms with Crippen molar-refractivity contribution in [3.8, 4) is 0 Å². The molecule has 0 amide bonds. The van der Waals surface area contributed by atoms with Crippen LogP contribution < -0.4 is 0 Å². The van der Waals surface area contributed by atoms with E-state index in [-0.39, 0.29) is 6.79 Å². The highest BCUT2D eigenvalue weighted by atomic mass is 16.7. The van der Waals surface area contributed by atoms with Gasteiger partial charge in [-0.2, -0.15) is 0 Å². The van der Waals surface area contributed by atoms with E-state index in [0.717, 1.165) is 6.47 Å². The Morgan fingerprint density at radius 2 is 2.38 bits per heavy atom. The molecule has 45 valence electrons. The summed E-state index contributed by atoms with van der Waals surface area (Å²) in [5.74, 6) is -0.486. The van der Waals surface area contributed by atoms with Crippen molar-refractivity contribution in [1.29, 1.82) is 0 Å². The highest BCUT2D eigenvalue weighted by Gasteiger charge is 1.88. The van der Waals surface area contributed by atoms with Crippen LogP contribution in [0, 0.1) is 0 Å². The van der Waals surface area contributed by atoms with E-state index in [2.05, 4.69) is 9.47 Å². The molecule has 0 N–H and O–H groups in total. The zero-order valence-corrected chi connectivity index (χ0v) is 4.34. The summed E-state index contributed by atoms with van der Waals surface area (Å²) >= 11 is 0. The number of hydrogen-bond donors (Lipinski definition) is 0. The lowest BCUT2D eigenvalue weighted by Crippen LogP contribution is -2.02. The number of carbonyl (C=O) groups is 1. The monoisotopic (exact) mass is 117 g/mol. The molecule has 0 bridgehead atoms. The van der Waals surface area contributed by atoms with Gasteiger partial charge < -0.3 is 9.47 Å². The van der Waals surface area contributed by atoms with Gasteiger partial charge >= 0.3 is 12.4 Å². The van der Waals surface area contributed by atoms with Crippen LogP contribution in [0.5, 0.6) is 0 Å². The van der Waals surface area contributed by atoms with E-state index in [1.165, 1.54) is 6.92 Å². The van der Waals surface area contributed by atoms with Gasteiger partial charge in [0, 0.05) is 6.92 Å². The average molecular weight is 117 g/mol. The van der Waals surface area contributed by atoms with E-state index in [9.17, 15) is 9.59 Å². The molecule has 0 spiro atoms. The van der Waals surface area contributed by atoms with Crippen molar-refractivity contribution in [1.82, 2.24) is 0 Å². The number of esters is 1. The molecule has 0 aliphatic carbocycles. The topological polar surface area (TPSA) is 52.6 Å². The van der Waals surface area contributed by atoms with Gasteiger partial charge in [-0.15, -0.1) is 0 Å². The lowest BCUT2D eigenvalue weighted by atomic mass is 10.8. The summed E-state index contributed by atoms with van der Waals surface area (Å²) in [4.78, 5) is 19.1. The Labute approximate surface area is 46.4 Å². The molecule has 0 aromatic carbocycles. The SMILES string of the molecule is CC(=O)OCO[C]=O. The molecule has 0 heterocycles. The van der Waals surface area contributed by atoms with Gasteiger partial charge in [0.2, 0.25) is 6.79 Å². The zero-order chi connectivity index (χ0) is 6.41. The molecule has 4 nitrogen and oxygen atoms in total. The molecule has 0 aliphatic heterocycles. The molecule has 0 aromatic heterocycles. The quantitative estimate of drug-likeness (QED) is 0.286. The number of ether oxygens (including phenoxy) is 2. The third-order valence-corrected chi connectivity index (χ3v) is 0.380. The molecular weight excluding hydrogens is 112 g/mol. The summed E-state index contributed by atoms with van der Waals surface area (Å²) < 4.78 is 8.05. The minimum Gasteiger partial charge on any atom is -0.428 e. The molecule has 0 rings (SSSR count). The highest BCUT2D eigenvalue weighted by Crippen LogP contribution is 1.73. The van der Waals surface area contributed by atoms with Crippen molar-refractivity contribution in [2.45, 2.75) is 6.92 Å². The zero-order valence-electron chi connectivity index (χ0n) is 4.34. The Morgan fingerprint density at radius 1 is 1.75 bits per heavy atom. The Kier molecular flexibility index (Phi) is 3.56. The van der Waals surface area contributed by atoms with Crippen LogP contribution in [0.2, 0.25) is 0 Å². The third-order valence-electron chi connectivity index (χ3n) is 0.380. The predicted octanol–water partition coefficient (Wildman–Crippen LogP) is -0.409. The van der Waals surface area contributed by atoms with Crippen molar-refractivity contribution in [3.05, 3.63) is 0 Å². The first-order chi connectivity index (χ1) is 3.77. The van der Waals surface area contributed by atoms with Crippen LogP contribution in [-0.4, -0.2) is 19.2 Å². The van der Waals surface area contributed by atoms with Crippen molar-refractivity contribution in [2.75, 3.05) is 6.79 Å². The Morgan fingerprint density at radius 3 is 2.75 bits per heavy atom. The summed E-state index contributed by atoms with van der Waals surface area (Å²) in [6.07, 6.45) is 0. The Bertz CT molecular complexity index is 88.0. The summed E-state index contributed by atoms with van der Waals surface area (Å²) in [6, 6.07) is 0. The molecule has 0 saturated heterocycles. The van der Waals surface area contributed by atoms with Crippen LogP contribution >= 0.6 is 0 Å². The summed E-state index contributed by atoms with van der Waals surface area (Å²) in [6.45, 7) is 1.96. The smallest absolute Gasteiger partial charge is 0.420 e. The van der Waals surface area contributed by atoms with Gasteiger partial charge in [0.25, 0.3) is 0 Å². The fraction of sp³-hybridized carbons (Fsp3) is 0.500. The lowest BCUT2D eigenvalue weighted by molar-refractivity contribution is -0.148. The fourth-order valence-corrected chi connectivity index (χ4v) is 0.137. The molecule has 4 heteroatoms. The number of rotatable bonds is 3. The molecule has 0 atom stereocenters. The number of hydrogen-bond acceptors (Lipinski definition) is 4. The maximum Gasteiger partial charge on any atom is 0.420 e. The normalized spacial score (nSPS) is 7.62. The molecule has 0 saturated carbocycles. The third kappa shape index (κ3) is 4.94. The van der Waals surface area contributed by atoms with Crippen molar-refractivity contribution in [2.24, 2.45) is 0 Å². The molecule has 0 unspecified atom stereocenters. The predicted molar refractivity (Wildman–Crippen MR) is 23.4 cm³/mol. The fourth-order valence-electron chi connectivity index (χ4n) is 0.137. The lowest BCUT2D eigenvalue weighted by Gasteiger charge is -1.94. The van der Waals surface area contributed by atoms with E-state index in [1.807, 2.05) is 0 Å². The minimum absolute atomic E-state index is 0.348. The van der Waals surface area contributed by atoms with Crippen LogP contribution in [0.25, 0.3) is 0 Å². The first-order valence-corrected chi connectivity index (χ1v) is 1.89. The van der Waals surface area contributed by atoms with Crippen LogP contribution in [0.3, 0.4) is 0 Å². The maximum atomic E-state index is 9.89. The second-order valence-electron chi connectivity index (χ2n) is 0.981. The van der Waals surface area contributed by atoms with Crippen LogP contribution in [-0.2, 0) is 19.1 Å². The largest absolute Gasteiger partial charge is 0.428 e. The van der Waals surface area contributed by atoms with Gasteiger partial charge in [0.1, 0.15) is 0 Å². The van der Waals surface area contributed by atoms with Crippen molar-refractivity contribution < 1.29 is 19.1 Å². The second-order valence-corrected chi connectivity index (χ2v) is 0.981. The van der Waals surface area contributed by atoms with Gasteiger partial charge in [0.05, 0.1) is 0 Å². The van der Waals surface area contributed by atoms with E-state index >= 15 is 0 Å². The maximum absolute atomic E-state index is 9.89. The van der Waals surface area contributed by atoms with Gasteiger partial charge in [-0.05, 0) is 0 Å². The van der Waals surface area contributed by atoms with E-state index in [4.69, 9.17) is 0 Å². The molecule has 1 radical (unpaired) electrons. The molecule has 0 aliphatic rings. The van der Waals surface area contributed by atoms with Gasteiger partial charge in [-0.1, -0.05) is 0 Å². The van der Waals surface area contributed by atoms with E-state index in [0.29, 0.717) is 0 Å². The summed E-state index contributed by atoms with van der Waals surface area (Å²) in [5, 5.41) is 0. The van der Waals surface area contributed by atoms with Gasteiger partial charge in [-0.25, -0.2) is 4.79 Å². The molecule has 0 fully saturated rings. The average Bonchev–Trinajstić information content (AvgIpc) is 1.66. The summed E-state index contributed by atoms with van der Waals surface area (Å²) in [7, 11) is 0. The summed E-state index contributed by atoms with van der Waals surface area (Å²) in [5.41, 5.74) is 0.